The Morgan fingerprint density at radius 2 is 1.96 bits per heavy atom. The molecule has 28 heavy (non-hydrogen) atoms. The molecule has 0 unspecified atom stereocenters. The number of halogens is 1. The van der Waals surface area contributed by atoms with Crippen molar-refractivity contribution in [2.75, 3.05) is 35.2 Å². The number of anilines is 3. The van der Waals surface area contributed by atoms with Crippen molar-refractivity contribution in [3.63, 3.8) is 0 Å². The topological polar surface area (TPSA) is 73.5 Å². The molecule has 1 saturated heterocycles. The summed E-state index contributed by atoms with van der Waals surface area (Å²) < 4.78 is 13.9. The Bertz CT molecular complexity index is 871. The third-order valence-corrected chi connectivity index (χ3v) is 4.83. The zero-order valence-corrected chi connectivity index (χ0v) is 16.1. The van der Waals surface area contributed by atoms with E-state index in [1.165, 1.54) is 36.4 Å². The summed E-state index contributed by atoms with van der Waals surface area (Å²) in [6, 6.07) is 11.8. The van der Waals surface area contributed by atoms with Crippen LogP contribution in [0, 0.1) is 18.7 Å². The second-order valence-corrected chi connectivity index (χ2v) is 7.10. The van der Waals surface area contributed by atoms with Gasteiger partial charge in [0.15, 0.2) is 0 Å². The van der Waals surface area contributed by atoms with Gasteiger partial charge in [-0.05, 0) is 49.1 Å². The minimum Gasteiger partial charge on any atom is -0.371 e. The third-order valence-electron chi connectivity index (χ3n) is 4.83. The van der Waals surface area contributed by atoms with E-state index in [0.29, 0.717) is 18.2 Å². The Morgan fingerprint density at radius 1 is 1.18 bits per heavy atom. The van der Waals surface area contributed by atoms with Crippen molar-refractivity contribution < 1.29 is 14.0 Å². The number of nitrogens with one attached hydrogen (secondary N) is 3. The number of amides is 3. The van der Waals surface area contributed by atoms with E-state index in [1.54, 1.807) is 0 Å². The maximum Gasteiger partial charge on any atom is 0.319 e. The number of carbonyl (C=O) groups excluding carboxylic acids is 2. The smallest absolute Gasteiger partial charge is 0.319 e. The van der Waals surface area contributed by atoms with Gasteiger partial charge in [0.25, 0.3) is 0 Å². The molecule has 7 heteroatoms. The van der Waals surface area contributed by atoms with Crippen molar-refractivity contribution in [3.05, 3.63) is 53.8 Å². The van der Waals surface area contributed by atoms with Gasteiger partial charge in [0.05, 0.1) is 5.69 Å². The fourth-order valence-corrected chi connectivity index (χ4v) is 3.44. The van der Waals surface area contributed by atoms with Gasteiger partial charge in [0.1, 0.15) is 5.82 Å². The summed E-state index contributed by atoms with van der Waals surface area (Å²) in [6.07, 6.45) is 0.987. The molecule has 0 aliphatic carbocycles. The highest BCUT2D eigenvalue weighted by Gasteiger charge is 2.24. The van der Waals surface area contributed by atoms with Gasteiger partial charge >= 0.3 is 6.03 Å². The molecule has 3 rings (SSSR count). The quantitative estimate of drug-likeness (QED) is 0.735. The number of benzene rings is 2. The van der Waals surface area contributed by atoms with Gasteiger partial charge in [-0.1, -0.05) is 18.2 Å². The van der Waals surface area contributed by atoms with E-state index in [4.69, 9.17) is 0 Å². The fourth-order valence-electron chi connectivity index (χ4n) is 3.44. The molecule has 0 radical (unpaired) electrons. The Labute approximate surface area is 164 Å². The summed E-state index contributed by atoms with van der Waals surface area (Å²) in [7, 11) is 0. The SMILES string of the molecule is CC(=O)Nc1ccc(F)c(NC(=O)NC[C@@H]2CCN(c3ccccc3C)C2)c1. The van der Waals surface area contributed by atoms with Gasteiger partial charge in [0.2, 0.25) is 5.91 Å². The van der Waals surface area contributed by atoms with Crippen LogP contribution in [0.3, 0.4) is 0 Å². The monoisotopic (exact) mass is 384 g/mol. The van der Waals surface area contributed by atoms with Crippen LogP contribution in [0.4, 0.5) is 26.2 Å². The molecule has 1 atom stereocenters. The van der Waals surface area contributed by atoms with E-state index >= 15 is 0 Å². The van der Waals surface area contributed by atoms with Crippen molar-refractivity contribution in [3.8, 4) is 0 Å². The maximum absolute atomic E-state index is 13.9. The predicted octanol–water partition coefficient (Wildman–Crippen LogP) is 3.74. The fraction of sp³-hybridized carbons (Fsp3) is 0.333. The van der Waals surface area contributed by atoms with Gasteiger partial charge in [0, 0.05) is 37.9 Å². The van der Waals surface area contributed by atoms with Crippen LogP contribution in [-0.2, 0) is 4.79 Å². The van der Waals surface area contributed by atoms with Gasteiger partial charge in [-0.15, -0.1) is 0 Å². The zero-order chi connectivity index (χ0) is 20.1. The second kappa shape index (κ2) is 8.73. The first-order valence-corrected chi connectivity index (χ1v) is 9.35. The average molecular weight is 384 g/mol. The number of nitrogens with zero attached hydrogens (tertiary/aromatic N) is 1. The molecular formula is C21H25FN4O2. The van der Waals surface area contributed by atoms with E-state index in [-0.39, 0.29) is 11.6 Å². The first-order valence-electron chi connectivity index (χ1n) is 9.35. The number of rotatable bonds is 5. The van der Waals surface area contributed by atoms with Crippen LogP contribution >= 0.6 is 0 Å². The highest BCUT2D eigenvalue weighted by atomic mass is 19.1. The number of hydrogen-bond acceptors (Lipinski definition) is 3. The minimum absolute atomic E-state index is 0.0247. The zero-order valence-electron chi connectivity index (χ0n) is 16.1. The number of carbonyl (C=O) groups is 2. The Hall–Kier alpha value is -3.09. The van der Waals surface area contributed by atoms with Crippen molar-refractivity contribution >= 4 is 29.0 Å². The molecule has 0 saturated carbocycles. The summed E-state index contributed by atoms with van der Waals surface area (Å²) in [5.74, 6) is -0.488. The van der Waals surface area contributed by atoms with Crippen LogP contribution < -0.4 is 20.9 Å². The summed E-state index contributed by atoms with van der Waals surface area (Å²) in [4.78, 5) is 25.6. The standard InChI is InChI=1S/C21H25FN4O2/c1-14-5-3-4-6-20(14)26-10-9-16(13-26)12-23-21(28)25-19-11-17(24-15(2)27)7-8-18(19)22/h3-8,11,16H,9-10,12-13H2,1-2H3,(H,24,27)(H2,23,25,28)/t16-/m0/s1. The largest absolute Gasteiger partial charge is 0.371 e. The lowest BCUT2D eigenvalue weighted by molar-refractivity contribution is -0.114. The maximum atomic E-state index is 13.9. The van der Waals surface area contributed by atoms with Gasteiger partial charge < -0.3 is 20.9 Å². The lowest BCUT2D eigenvalue weighted by atomic mass is 10.1. The molecule has 2 aromatic rings. The molecule has 1 aliphatic rings. The molecule has 6 nitrogen and oxygen atoms in total. The molecule has 0 spiro atoms. The van der Waals surface area contributed by atoms with Crippen molar-refractivity contribution in [2.45, 2.75) is 20.3 Å². The third kappa shape index (κ3) is 5.00. The lowest BCUT2D eigenvalue weighted by Crippen LogP contribution is -2.34. The first kappa shape index (κ1) is 19.7. The van der Waals surface area contributed by atoms with E-state index in [2.05, 4.69) is 39.9 Å². The normalized spacial score (nSPS) is 16.0. The molecule has 0 aromatic heterocycles. The molecule has 3 amide bonds. The van der Waals surface area contributed by atoms with Crippen LogP contribution in [0.1, 0.15) is 18.9 Å². The minimum atomic E-state index is -0.559. The van der Waals surface area contributed by atoms with Crippen molar-refractivity contribution in [1.29, 1.82) is 0 Å². The molecule has 148 valence electrons. The Balaban J connectivity index is 1.51. The Morgan fingerprint density at radius 3 is 2.71 bits per heavy atom. The molecule has 1 heterocycles. The van der Waals surface area contributed by atoms with Crippen LogP contribution in [0.5, 0.6) is 0 Å². The van der Waals surface area contributed by atoms with Gasteiger partial charge in [-0.25, -0.2) is 9.18 Å². The molecule has 1 aliphatic heterocycles. The average Bonchev–Trinajstić information content (AvgIpc) is 3.11. The number of urea groups is 1. The molecule has 3 N–H and O–H groups in total. The summed E-state index contributed by atoms with van der Waals surface area (Å²) >= 11 is 0. The summed E-state index contributed by atoms with van der Waals surface area (Å²) in [6.45, 7) is 5.80. The predicted molar refractivity (Wildman–Crippen MR) is 109 cm³/mol. The lowest BCUT2D eigenvalue weighted by Gasteiger charge is -2.21. The first-order chi connectivity index (χ1) is 13.4. The van der Waals surface area contributed by atoms with Crippen LogP contribution in [0.25, 0.3) is 0 Å². The van der Waals surface area contributed by atoms with Crippen LogP contribution in [0.2, 0.25) is 0 Å². The van der Waals surface area contributed by atoms with Crippen molar-refractivity contribution in [2.24, 2.45) is 5.92 Å². The highest BCUT2D eigenvalue weighted by molar-refractivity contribution is 5.92. The van der Waals surface area contributed by atoms with Crippen molar-refractivity contribution in [1.82, 2.24) is 5.32 Å². The number of para-hydroxylation sites is 1. The van der Waals surface area contributed by atoms with E-state index in [1.807, 2.05) is 12.1 Å². The van der Waals surface area contributed by atoms with Gasteiger partial charge in [-0.2, -0.15) is 0 Å². The van der Waals surface area contributed by atoms with E-state index in [9.17, 15) is 14.0 Å². The number of hydrogen-bond donors (Lipinski definition) is 3. The van der Waals surface area contributed by atoms with E-state index < -0.39 is 11.8 Å². The summed E-state index contributed by atoms with van der Waals surface area (Å²) in [5.41, 5.74) is 2.92. The van der Waals surface area contributed by atoms with Gasteiger partial charge in [-0.3, -0.25) is 4.79 Å². The Kier molecular flexibility index (Phi) is 6.13. The number of aryl methyl sites for hydroxylation is 1. The highest BCUT2D eigenvalue weighted by Crippen LogP contribution is 2.26. The van der Waals surface area contributed by atoms with E-state index in [0.717, 1.165) is 19.5 Å². The summed E-state index contributed by atoms with van der Waals surface area (Å²) in [5, 5.41) is 7.89. The second-order valence-electron chi connectivity index (χ2n) is 7.10. The molecule has 0 bridgehead atoms. The molecular weight excluding hydrogens is 359 g/mol. The van der Waals surface area contributed by atoms with Crippen LogP contribution in [0.15, 0.2) is 42.5 Å². The molecule has 2 aromatic carbocycles. The van der Waals surface area contributed by atoms with Crippen LogP contribution in [-0.4, -0.2) is 31.6 Å². The molecule has 1 fully saturated rings.